The summed E-state index contributed by atoms with van der Waals surface area (Å²) in [5.41, 5.74) is -0.179. The molecule has 0 aromatic carbocycles. The van der Waals surface area contributed by atoms with Crippen molar-refractivity contribution >= 4 is 17.5 Å². The summed E-state index contributed by atoms with van der Waals surface area (Å²) in [6.07, 6.45) is 4.03. The van der Waals surface area contributed by atoms with Gasteiger partial charge in [0.05, 0.1) is 19.7 Å². The Morgan fingerprint density at radius 1 is 1.69 bits per heavy atom. The van der Waals surface area contributed by atoms with Crippen LogP contribution in [-0.2, 0) is 9.53 Å². The van der Waals surface area contributed by atoms with Crippen LogP contribution in [0.25, 0.3) is 0 Å². The quantitative estimate of drug-likeness (QED) is 0.464. The molecule has 1 amide bonds. The number of nitrogens with zero attached hydrogens (tertiary/aromatic N) is 1. The van der Waals surface area contributed by atoms with E-state index < -0.39 is 5.38 Å². The van der Waals surface area contributed by atoms with Crippen LogP contribution in [0.15, 0.2) is 12.2 Å². The predicted octanol–water partition coefficient (Wildman–Crippen LogP) is 0.781. The Labute approximate surface area is 82.3 Å². The number of ether oxygens (including phenoxy) is 1. The number of hydrogen-bond donors (Lipinski definition) is 0. The molecule has 4 heteroatoms. The van der Waals surface area contributed by atoms with Crippen molar-refractivity contribution in [2.75, 3.05) is 19.7 Å². The number of likely N-dealkylation sites (tertiary alicyclic amines) is 1. The van der Waals surface area contributed by atoms with E-state index in [4.69, 9.17) is 16.3 Å². The van der Waals surface area contributed by atoms with E-state index >= 15 is 0 Å². The highest BCUT2D eigenvalue weighted by Gasteiger charge is 2.46. The van der Waals surface area contributed by atoms with E-state index in [0.717, 1.165) is 0 Å². The Hall–Kier alpha value is -0.540. The fraction of sp³-hybridized carbons (Fsp3) is 0.667. The summed E-state index contributed by atoms with van der Waals surface area (Å²) in [4.78, 5) is 13.1. The molecule has 2 heterocycles. The monoisotopic (exact) mass is 201 g/mol. The zero-order valence-corrected chi connectivity index (χ0v) is 8.25. The molecule has 0 bridgehead atoms. The maximum Gasteiger partial charge on any atom is 0.240 e. The van der Waals surface area contributed by atoms with Crippen molar-refractivity contribution in [1.82, 2.24) is 4.90 Å². The molecular weight excluding hydrogens is 190 g/mol. The average molecular weight is 202 g/mol. The summed E-state index contributed by atoms with van der Waals surface area (Å²) in [6.45, 7) is 3.66. The van der Waals surface area contributed by atoms with Gasteiger partial charge in [0.15, 0.2) is 0 Å². The normalized spacial score (nSPS) is 26.2. The largest absolute Gasteiger partial charge is 0.363 e. The standard InChI is InChI=1S/C9H12ClNO2/c1-7(10)8(12)11-5-9(6-11)3-2-4-13-9/h2-3,7H,4-6H2,1H3. The first-order valence-electron chi connectivity index (χ1n) is 4.37. The van der Waals surface area contributed by atoms with Gasteiger partial charge in [-0.3, -0.25) is 4.79 Å². The van der Waals surface area contributed by atoms with Crippen molar-refractivity contribution in [1.29, 1.82) is 0 Å². The maximum absolute atomic E-state index is 11.4. The summed E-state index contributed by atoms with van der Waals surface area (Å²) in [5, 5.41) is -0.428. The zero-order valence-electron chi connectivity index (χ0n) is 7.50. The summed E-state index contributed by atoms with van der Waals surface area (Å²) in [6, 6.07) is 0. The van der Waals surface area contributed by atoms with Gasteiger partial charge < -0.3 is 9.64 Å². The molecule has 0 aliphatic carbocycles. The number of alkyl halides is 1. The van der Waals surface area contributed by atoms with Gasteiger partial charge >= 0.3 is 0 Å². The Morgan fingerprint density at radius 2 is 2.38 bits per heavy atom. The van der Waals surface area contributed by atoms with Crippen LogP contribution in [0.2, 0.25) is 0 Å². The zero-order chi connectivity index (χ0) is 9.47. The first-order valence-corrected chi connectivity index (χ1v) is 4.81. The van der Waals surface area contributed by atoms with Crippen LogP contribution in [0.1, 0.15) is 6.92 Å². The summed E-state index contributed by atoms with van der Waals surface area (Å²) in [7, 11) is 0. The highest BCUT2D eigenvalue weighted by atomic mass is 35.5. The summed E-state index contributed by atoms with van der Waals surface area (Å²) in [5.74, 6) is -0.00353. The van der Waals surface area contributed by atoms with Gasteiger partial charge in [0.1, 0.15) is 11.0 Å². The Kier molecular flexibility index (Phi) is 2.08. The minimum Gasteiger partial charge on any atom is -0.363 e. The van der Waals surface area contributed by atoms with Crippen LogP contribution in [-0.4, -0.2) is 41.5 Å². The third-order valence-corrected chi connectivity index (χ3v) is 2.64. The van der Waals surface area contributed by atoms with E-state index in [9.17, 15) is 4.79 Å². The maximum atomic E-state index is 11.4. The van der Waals surface area contributed by atoms with E-state index in [1.807, 2.05) is 12.2 Å². The lowest BCUT2D eigenvalue weighted by atomic mass is 9.94. The third-order valence-electron chi connectivity index (χ3n) is 2.46. The first kappa shape index (κ1) is 9.03. The second-order valence-corrected chi connectivity index (χ2v) is 4.24. The van der Waals surface area contributed by atoms with Crippen molar-refractivity contribution in [3.8, 4) is 0 Å². The van der Waals surface area contributed by atoms with Crippen molar-refractivity contribution in [3.05, 3.63) is 12.2 Å². The van der Waals surface area contributed by atoms with Gasteiger partial charge in [0, 0.05) is 0 Å². The smallest absolute Gasteiger partial charge is 0.240 e. The highest BCUT2D eigenvalue weighted by Crippen LogP contribution is 2.30. The molecule has 1 fully saturated rings. The number of amides is 1. The predicted molar refractivity (Wildman–Crippen MR) is 49.7 cm³/mol. The van der Waals surface area contributed by atoms with Crippen molar-refractivity contribution < 1.29 is 9.53 Å². The molecule has 0 aromatic heterocycles. The van der Waals surface area contributed by atoms with Gasteiger partial charge in [0.2, 0.25) is 5.91 Å². The molecule has 0 aromatic rings. The number of carbonyl (C=O) groups is 1. The molecule has 2 aliphatic rings. The Morgan fingerprint density at radius 3 is 2.85 bits per heavy atom. The number of halogens is 1. The Bertz CT molecular complexity index is 256. The molecule has 1 spiro atoms. The highest BCUT2D eigenvalue weighted by molar-refractivity contribution is 6.30. The van der Waals surface area contributed by atoms with Crippen LogP contribution in [0.5, 0.6) is 0 Å². The summed E-state index contributed by atoms with van der Waals surface area (Å²) >= 11 is 5.68. The molecule has 72 valence electrons. The van der Waals surface area contributed by atoms with Crippen LogP contribution in [0.3, 0.4) is 0 Å². The van der Waals surface area contributed by atoms with E-state index in [-0.39, 0.29) is 11.5 Å². The molecule has 0 saturated carbocycles. The molecule has 13 heavy (non-hydrogen) atoms. The van der Waals surface area contributed by atoms with Gasteiger partial charge in [0.25, 0.3) is 0 Å². The third kappa shape index (κ3) is 1.46. The molecule has 1 saturated heterocycles. The summed E-state index contributed by atoms with van der Waals surface area (Å²) < 4.78 is 5.49. The fourth-order valence-corrected chi connectivity index (χ4v) is 1.87. The molecular formula is C9H12ClNO2. The van der Waals surface area contributed by atoms with Gasteiger partial charge in [-0.1, -0.05) is 12.2 Å². The molecule has 2 rings (SSSR count). The van der Waals surface area contributed by atoms with Gasteiger partial charge in [-0.05, 0) is 6.92 Å². The SMILES string of the molecule is CC(Cl)C(=O)N1CC2(C=CCO2)C1. The lowest BCUT2D eigenvalue weighted by Crippen LogP contribution is -2.63. The van der Waals surface area contributed by atoms with Crippen molar-refractivity contribution in [2.45, 2.75) is 17.9 Å². The molecule has 1 atom stereocenters. The van der Waals surface area contributed by atoms with E-state index in [1.165, 1.54) is 0 Å². The van der Waals surface area contributed by atoms with Crippen molar-refractivity contribution in [2.24, 2.45) is 0 Å². The van der Waals surface area contributed by atoms with Crippen LogP contribution in [0, 0.1) is 0 Å². The molecule has 0 radical (unpaired) electrons. The second kappa shape index (κ2) is 3.00. The molecule has 3 nitrogen and oxygen atoms in total. The number of rotatable bonds is 1. The van der Waals surface area contributed by atoms with Gasteiger partial charge in [-0.2, -0.15) is 0 Å². The van der Waals surface area contributed by atoms with Gasteiger partial charge in [-0.15, -0.1) is 11.6 Å². The van der Waals surface area contributed by atoms with E-state index in [1.54, 1.807) is 11.8 Å². The topological polar surface area (TPSA) is 29.5 Å². The average Bonchev–Trinajstić information content (AvgIpc) is 2.47. The lowest BCUT2D eigenvalue weighted by molar-refractivity contribution is -0.151. The van der Waals surface area contributed by atoms with E-state index in [0.29, 0.717) is 19.7 Å². The van der Waals surface area contributed by atoms with Crippen molar-refractivity contribution in [3.63, 3.8) is 0 Å². The second-order valence-electron chi connectivity index (χ2n) is 3.59. The molecule has 0 N–H and O–H groups in total. The number of hydrogen-bond acceptors (Lipinski definition) is 2. The minimum absolute atomic E-state index is 0.00353. The Balaban J connectivity index is 1.91. The molecule has 1 unspecified atom stereocenters. The van der Waals surface area contributed by atoms with Crippen LogP contribution >= 0.6 is 11.6 Å². The van der Waals surface area contributed by atoms with E-state index in [2.05, 4.69) is 0 Å². The van der Waals surface area contributed by atoms with Gasteiger partial charge in [-0.25, -0.2) is 0 Å². The molecule has 2 aliphatic heterocycles. The lowest BCUT2D eigenvalue weighted by Gasteiger charge is -2.46. The fourth-order valence-electron chi connectivity index (χ4n) is 1.73. The minimum atomic E-state index is -0.428. The first-order chi connectivity index (χ1) is 6.13. The van der Waals surface area contributed by atoms with Crippen LogP contribution < -0.4 is 0 Å². The number of carbonyl (C=O) groups excluding carboxylic acids is 1. The van der Waals surface area contributed by atoms with Crippen LogP contribution in [0.4, 0.5) is 0 Å².